The van der Waals surface area contributed by atoms with E-state index in [4.69, 9.17) is 5.73 Å². The maximum Gasteiger partial charge on any atom is 0.247 e. The molecule has 5 heteroatoms. The van der Waals surface area contributed by atoms with E-state index in [1.54, 1.807) is 4.52 Å². The summed E-state index contributed by atoms with van der Waals surface area (Å²) in [5.74, 6) is 0.574. The smallest absolute Gasteiger partial charge is 0.247 e. The van der Waals surface area contributed by atoms with Crippen molar-refractivity contribution in [3.8, 4) is 0 Å². The van der Waals surface area contributed by atoms with Gasteiger partial charge in [0.2, 0.25) is 5.95 Å². The summed E-state index contributed by atoms with van der Waals surface area (Å²) in [6.07, 6.45) is 1.94. The van der Waals surface area contributed by atoms with E-state index >= 15 is 0 Å². The van der Waals surface area contributed by atoms with Gasteiger partial charge in [-0.1, -0.05) is 6.07 Å². The van der Waals surface area contributed by atoms with Crippen molar-refractivity contribution in [2.75, 3.05) is 11.1 Å². The van der Waals surface area contributed by atoms with E-state index in [0.717, 1.165) is 22.6 Å². The van der Waals surface area contributed by atoms with Crippen LogP contribution >= 0.6 is 0 Å². The van der Waals surface area contributed by atoms with E-state index in [0.29, 0.717) is 5.95 Å². The molecule has 1 aromatic carbocycles. The monoisotopic (exact) mass is 239 g/mol. The minimum Gasteiger partial charge on any atom is -0.399 e. The number of fused-ring (bicyclic) bond motifs is 1. The summed E-state index contributed by atoms with van der Waals surface area (Å²) >= 11 is 0. The van der Waals surface area contributed by atoms with Gasteiger partial charge in [0.05, 0.1) is 0 Å². The lowest BCUT2D eigenvalue weighted by molar-refractivity contribution is 0.956. The average Bonchev–Trinajstić information content (AvgIpc) is 2.73. The van der Waals surface area contributed by atoms with E-state index < -0.39 is 0 Å². The largest absolute Gasteiger partial charge is 0.399 e. The molecule has 3 rings (SSSR count). The van der Waals surface area contributed by atoms with Crippen molar-refractivity contribution >= 4 is 23.0 Å². The Balaban J connectivity index is 1.92. The summed E-state index contributed by atoms with van der Waals surface area (Å²) < 4.78 is 1.76. The van der Waals surface area contributed by atoms with Crippen LogP contribution < -0.4 is 11.1 Å². The molecule has 90 valence electrons. The molecule has 0 aliphatic heterocycles. The van der Waals surface area contributed by atoms with Crippen molar-refractivity contribution in [2.24, 2.45) is 0 Å². The molecule has 18 heavy (non-hydrogen) atoms. The minimum absolute atomic E-state index is 0.574. The molecule has 0 saturated carbocycles. The molecule has 2 heterocycles. The SMILES string of the molecule is Cc1ccc2nc(Nc3ccc(N)cc3)nn2c1. The summed E-state index contributed by atoms with van der Waals surface area (Å²) in [4.78, 5) is 4.38. The first-order valence-electron chi connectivity index (χ1n) is 5.66. The fourth-order valence-corrected chi connectivity index (χ4v) is 1.73. The Morgan fingerprint density at radius 2 is 1.89 bits per heavy atom. The molecular formula is C13H13N5. The molecule has 3 aromatic rings. The third kappa shape index (κ3) is 1.98. The van der Waals surface area contributed by atoms with Gasteiger partial charge in [-0.05, 0) is 42.8 Å². The van der Waals surface area contributed by atoms with Gasteiger partial charge in [-0.15, -0.1) is 5.10 Å². The number of benzene rings is 1. The van der Waals surface area contributed by atoms with Gasteiger partial charge in [-0.25, -0.2) is 4.52 Å². The number of nitrogens with two attached hydrogens (primary N) is 1. The van der Waals surface area contributed by atoms with Crippen molar-refractivity contribution in [3.05, 3.63) is 48.2 Å². The molecule has 0 fully saturated rings. The van der Waals surface area contributed by atoms with E-state index in [1.807, 2.05) is 49.5 Å². The van der Waals surface area contributed by atoms with Gasteiger partial charge in [0, 0.05) is 17.6 Å². The second-order valence-corrected chi connectivity index (χ2v) is 4.19. The Kier molecular flexibility index (Phi) is 2.37. The molecule has 2 aromatic heterocycles. The van der Waals surface area contributed by atoms with E-state index in [9.17, 15) is 0 Å². The van der Waals surface area contributed by atoms with Crippen molar-refractivity contribution in [1.29, 1.82) is 0 Å². The third-order valence-electron chi connectivity index (χ3n) is 2.65. The lowest BCUT2D eigenvalue weighted by Crippen LogP contribution is -1.93. The van der Waals surface area contributed by atoms with Gasteiger partial charge in [-0.3, -0.25) is 0 Å². The third-order valence-corrected chi connectivity index (χ3v) is 2.65. The molecule has 0 unspecified atom stereocenters. The fraction of sp³-hybridized carbons (Fsp3) is 0.0769. The molecule has 0 aliphatic carbocycles. The number of rotatable bonds is 2. The zero-order valence-corrected chi connectivity index (χ0v) is 9.96. The number of hydrogen-bond donors (Lipinski definition) is 2. The Morgan fingerprint density at radius 3 is 2.67 bits per heavy atom. The van der Waals surface area contributed by atoms with Crippen molar-refractivity contribution in [1.82, 2.24) is 14.6 Å². The normalized spacial score (nSPS) is 10.7. The molecule has 0 aliphatic rings. The summed E-state index contributed by atoms with van der Waals surface area (Å²) in [6, 6.07) is 11.4. The predicted molar refractivity (Wildman–Crippen MR) is 71.9 cm³/mol. The van der Waals surface area contributed by atoms with Crippen LogP contribution in [0.4, 0.5) is 17.3 Å². The lowest BCUT2D eigenvalue weighted by Gasteiger charge is -2.00. The Morgan fingerprint density at radius 1 is 1.11 bits per heavy atom. The predicted octanol–water partition coefficient (Wildman–Crippen LogP) is 2.36. The van der Waals surface area contributed by atoms with E-state index in [1.165, 1.54) is 0 Å². The van der Waals surface area contributed by atoms with Crippen LogP contribution in [0.15, 0.2) is 42.6 Å². The van der Waals surface area contributed by atoms with Crippen molar-refractivity contribution in [2.45, 2.75) is 6.92 Å². The molecule has 0 bridgehead atoms. The van der Waals surface area contributed by atoms with Crippen LogP contribution in [0.1, 0.15) is 5.56 Å². The number of aryl methyl sites for hydroxylation is 1. The van der Waals surface area contributed by atoms with Crippen LogP contribution in [0, 0.1) is 6.92 Å². The summed E-state index contributed by atoms with van der Waals surface area (Å²) in [7, 11) is 0. The van der Waals surface area contributed by atoms with Crippen LogP contribution in [0.5, 0.6) is 0 Å². The first kappa shape index (κ1) is 10.6. The first-order valence-corrected chi connectivity index (χ1v) is 5.66. The second kappa shape index (κ2) is 4.03. The molecular weight excluding hydrogens is 226 g/mol. The van der Waals surface area contributed by atoms with Crippen LogP contribution in [0.3, 0.4) is 0 Å². The molecule has 5 nitrogen and oxygen atoms in total. The Hall–Kier alpha value is -2.56. The Labute approximate surface area is 104 Å². The van der Waals surface area contributed by atoms with Gasteiger partial charge < -0.3 is 11.1 Å². The standard InChI is InChI=1S/C13H13N5/c1-9-2-7-12-16-13(17-18(12)8-9)15-11-5-3-10(14)4-6-11/h2-8H,14H2,1H3,(H,15,17). The maximum absolute atomic E-state index is 5.63. The van der Waals surface area contributed by atoms with Crippen LogP contribution in [-0.4, -0.2) is 14.6 Å². The fourth-order valence-electron chi connectivity index (χ4n) is 1.73. The minimum atomic E-state index is 0.574. The topological polar surface area (TPSA) is 68.2 Å². The number of anilines is 3. The highest BCUT2D eigenvalue weighted by atomic mass is 15.3. The molecule has 0 radical (unpaired) electrons. The number of pyridine rings is 1. The quantitative estimate of drug-likeness (QED) is 0.674. The zero-order valence-electron chi connectivity index (χ0n) is 9.96. The highest BCUT2D eigenvalue weighted by molar-refractivity contribution is 5.58. The highest BCUT2D eigenvalue weighted by Gasteiger charge is 2.03. The molecule has 0 saturated heterocycles. The number of nitrogen functional groups attached to an aromatic ring is 1. The molecule has 3 N–H and O–H groups in total. The molecule has 0 spiro atoms. The zero-order chi connectivity index (χ0) is 12.5. The number of aromatic nitrogens is 3. The van der Waals surface area contributed by atoms with E-state index in [2.05, 4.69) is 15.4 Å². The molecule has 0 atom stereocenters. The van der Waals surface area contributed by atoms with E-state index in [-0.39, 0.29) is 0 Å². The van der Waals surface area contributed by atoms with Crippen LogP contribution in [0.2, 0.25) is 0 Å². The number of nitrogens with zero attached hydrogens (tertiary/aromatic N) is 3. The second-order valence-electron chi connectivity index (χ2n) is 4.19. The molecule has 0 amide bonds. The number of hydrogen-bond acceptors (Lipinski definition) is 4. The van der Waals surface area contributed by atoms with Crippen molar-refractivity contribution in [3.63, 3.8) is 0 Å². The lowest BCUT2D eigenvalue weighted by atomic mass is 10.3. The van der Waals surface area contributed by atoms with Gasteiger partial charge in [-0.2, -0.15) is 4.98 Å². The maximum atomic E-state index is 5.63. The van der Waals surface area contributed by atoms with Gasteiger partial charge in [0.1, 0.15) is 0 Å². The first-order chi connectivity index (χ1) is 8.70. The average molecular weight is 239 g/mol. The number of nitrogens with one attached hydrogen (secondary N) is 1. The van der Waals surface area contributed by atoms with Gasteiger partial charge >= 0.3 is 0 Å². The highest BCUT2D eigenvalue weighted by Crippen LogP contribution is 2.15. The summed E-state index contributed by atoms with van der Waals surface area (Å²) in [5.41, 5.74) is 9.25. The van der Waals surface area contributed by atoms with Crippen LogP contribution in [0.25, 0.3) is 5.65 Å². The van der Waals surface area contributed by atoms with Crippen LogP contribution in [-0.2, 0) is 0 Å². The van der Waals surface area contributed by atoms with Gasteiger partial charge in [0.25, 0.3) is 0 Å². The van der Waals surface area contributed by atoms with Crippen molar-refractivity contribution < 1.29 is 0 Å². The summed E-state index contributed by atoms with van der Waals surface area (Å²) in [5, 5.41) is 7.50. The van der Waals surface area contributed by atoms with Gasteiger partial charge in [0.15, 0.2) is 5.65 Å². The summed E-state index contributed by atoms with van der Waals surface area (Å²) in [6.45, 7) is 2.02. The Bertz CT molecular complexity index is 684.